The number of nitrogens with one attached hydrogen (secondary N) is 1. The molecule has 27 heavy (non-hydrogen) atoms. The number of nitrogens with zero attached hydrogens (tertiary/aromatic N) is 3. The molecule has 0 aromatic heterocycles. The Labute approximate surface area is 156 Å². The number of amides is 4. The van der Waals surface area contributed by atoms with Crippen LogP contribution in [-0.2, 0) is 19.6 Å². The van der Waals surface area contributed by atoms with E-state index in [-0.39, 0.29) is 31.2 Å². The predicted octanol–water partition coefficient (Wildman–Crippen LogP) is -1.52. The lowest BCUT2D eigenvalue weighted by molar-refractivity contribution is -0.910. The number of hydrogen-bond acceptors (Lipinski definition) is 5. The Kier molecular flexibility index (Phi) is 5.27. The summed E-state index contributed by atoms with van der Waals surface area (Å²) >= 11 is 0. The molecular weight excluding hydrogens is 379 g/mol. The van der Waals surface area contributed by atoms with Gasteiger partial charge in [-0.2, -0.15) is 4.31 Å². The summed E-state index contributed by atoms with van der Waals surface area (Å²) in [6.45, 7) is 2.60. The van der Waals surface area contributed by atoms with Crippen LogP contribution in [0.25, 0.3) is 0 Å². The fourth-order valence-electron chi connectivity index (χ4n) is 3.19. The molecule has 9 nitrogen and oxygen atoms in total. The van der Waals surface area contributed by atoms with Gasteiger partial charge in [0.1, 0.15) is 10.7 Å². The van der Waals surface area contributed by atoms with Crippen LogP contribution in [0, 0.1) is 5.82 Å². The second kappa shape index (κ2) is 7.33. The zero-order valence-electron chi connectivity index (χ0n) is 14.7. The van der Waals surface area contributed by atoms with Gasteiger partial charge in [0, 0.05) is 6.54 Å². The minimum atomic E-state index is -3.95. The first-order valence-electron chi connectivity index (χ1n) is 8.53. The van der Waals surface area contributed by atoms with Gasteiger partial charge in [-0.1, -0.05) is 12.1 Å². The molecule has 1 aromatic rings. The third kappa shape index (κ3) is 3.45. The highest BCUT2D eigenvalue weighted by atomic mass is 32.2. The number of benzene rings is 1. The second-order valence-electron chi connectivity index (χ2n) is 6.31. The van der Waals surface area contributed by atoms with Gasteiger partial charge in [0.25, 0.3) is 0 Å². The van der Waals surface area contributed by atoms with Crippen molar-refractivity contribution >= 4 is 27.9 Å². The van der Waals surface area contributed by atoms with Crippen molar-refractivity contribution in [2.24, 2.45) is 0 Å². The number of hydrogen-bond donors (Lipinski definition) is 1. The number of likely N-dealkylation sites (N-methyl/N-ethyl adjacent to an activating group) is 1. The molecule has 146 valence electrons. The van der Waals surface area contributed by atoms with E-state index in [1.54, 1.807) is 6.92 Å². The van der Waals surface area contributed by atoms with Gasteiger partial charge in [0.2, 0.25) is 10.0 Å². The monoisotopic (exact) mass is 399 g/mol. The summed E-state index contributed by atoms with van der Waals surface area (Å²) < 4.78 is 40.2. The van der Waals surface area contributed by atoms with E-state index in [2.05, 4.69) is 0 Å². The Morgan fingerprint density at radius 2 is 1.63 bits per heavy atom. The average Bonchev–Trinajstić information content (AvgIpc) is 2.85. The van der Waals surface area contributed by atoms with Crippen molar-refractivity contribution in [2.45, 2.75) is 11.8 Å². The molecule has 2 aliphatic heterocycles. The first-order chi connectivity index (χ1) is 12.8. The maximum absolute atomic E-state index is 13.9. The number of sulfonamides is 1. The molecule has 0 bridgehead atoms. The minimum absolute atomic E-state index is 0.00646. The standard InChI is InChI=1S/C16H19FN4O5S/c1-2-20-14(22)15(23)21(16(20)24)11-18-7-9-19(10-8-18)27(25,26)13-6-4-3-5-12(13)17/h3-6H,2,7-11H2,1H3/p+1. The summed E-state index contributed by atoms with van der Waals surface area (Å²) in [7, 11) is -3.95. The topological polar surface area (TPSA) is 99.5 Å². The average molecular weight is 399 g/mol. The van der Waals surface area contributed by atoms with Crippen LogP contribution in [0.5, 0.6) is 0 Å². The number of piperazine rings is 1. The Morgan fingerprint density at radius 3 is 2.19 bits per heavy atom. The largest absolute Gasteiger partial charge is 0.338 e. The fourth-order valence-corrected chi connectivity index (χ4v) is 4.69. The summed E-state index contributed by atoms with van der Waals surface area (Å²) in [6.07, 6.45) is 0. The van der Waals surface area contributed by atoms with Crippen LogP contribution in [0.2, 0.25) is 0 Å². The van der Waals surface area contributed by atoms with Crippen LogP contribution in [-0.4, -0.2) is 79.8 Å². The molecule has 0 radical (unpaired) electrons. The zero-order valence-corrected chi connectivity index (χ0v) is 15.5. The molecule has 1 N–H and O–H groups in total. The lowest BCUT2D eigenvalue weighted by atomic mass is 10.3. The van der Waals surface area contributed by atoms with Gasteiger partial charge in [-0.05, 0) is 19.1 Å². The zero-order chi connectivity index (χ0) is 19.8. The van der Waals surface area contributed by atoms with Gasteiger partial charge in [-0.3, -0.25) is 14.5 Å². The van der Waals surface area contributed by atoms with Crippen LogP contribution in [0.15, 0.2) is 29.2 Å². The number of imide groups is 2. The van der Waals surface area contributed by atoms with Gasteiger partial charge < -0.3 is 4.90 Å². The Bertz CT molecular complexity index is 883. The maximum Gasteiger partial charge on any atom is 0.338 e. The van der Waals surface area contributed by atoms with Crippen LogP contribution >= 0.6 is 0 Å². The molecule has 0 unspecified atom stereocenters. The van der Waals surface area contributed by atoms with E-state index in [0.717, 1.165) is 20.8 Å². The third-order valence-electron chi connectivity index (χ3n) is 4.72. The highest BCUT2D eigenvalue weighted by Gasteiger charge is 2.45. The summed E-state index contributed by atoms with van der Waals surface area (Å²) in [5, 5.41) is 0. The van der Waals surface area contributed by atoms with Crippen molar-refractivity contribution in [2.75, 3.05) is 39.4 Å². The molecule has 0 spiro atoms. The van der Waals surface area contributed by atoms with Crippen LogP contribution in [0.4, 0.5) is 9.18 Å². The minimum Gasteiger partial charge on any atom is -0.315 e. The van der Waals surface area contributed by atoms with E-state index >= 15 is 0 Å². The number of urea groups is 1. The molecule has 2 saturated heterocycles. The highest BCUT2D eigenvalue weighted by molar-refractivity contribution is 7.89. The molecule has 0 aliphatic carbocycles. The molecule has 0 atom stereocenters. The fraction of sp³-hybridized carbons (Fsp3) is 0.438. The molecular formula is C16H20FN4O5S+. The number of carbonyl (C=O) groups is 3. The molecule has 0 saturated carbocycles. The van der Waals surface area contributed by atoms with Gasteiger partial charge in [-0.25, -0.2) is 22.5 Å². The van der Waals surface area contributed by atoms with Crippen LogP contribution < -0.4 is 4.90 Å². The molecule has 4 amide bonds. The summed E-state index contributed by atoms with van der Waals surface area (Å²) in [5.74, 6) is -2.52. The first kappa shape index (κ1) is 19.4. The van der Waals surface area contributed by atoms with E-state index in [9.17, 15) is 27.2 Å². The van der Waals surface area contributed by atoms with E-state index in [0.29, 0.717) is 13.1 Å². The second-order valence-corrected chi connectivity index (χ2v) is 8.21. The van der Waals surface area contributed by atoms with Gasteiger partial charge >= 0.3 is 17.8 Å². The molecule has 2 fully saturated rings. The molecule has 1 aromatic carbocycles. The first-order valence-corrected chi connectivity index (χ1v) is 9.97. The van der Waals surface area contributed by atoms with Gasteiger partial charge in [0.15, 0.2) is 6.67 Å². The smallest absolute Gasteiger partial charge is 0.315 e. The highest BCUT2D eigenvalue weighted by Crippen LogP contribution is 2.18. The van der Waals surface area contributed by atoms with E-state index < -0.39 is 33.7 Å². The van der Waals surface area contributed by atoms with Crippen molar-refractivity contribution in [1.29, 1.82) is 0 Å². The van der Waals surface area contributed by atoms with E-state index in [1.807, 2.05) is 0 Å². The SMILES string of the molecule is CCN1C(=O)C(=O)N(C[NH+]2CCN(S(=O)(=O)c3ccccc3F)CC2)C1=O. The van der Waals surface area contributed by atoms with Crippen LogP contribution in [0.1, 0.15) is 6.92 Å². The Hall–Kier alpha value is -2.37. The predicted molar refractivity (Wildman–Crippen MR) is 90.4 cm³/mol. The number of rotatable bonds is 5. The van der Waals surface area contributed by atoms with Crippen molar-refractivity contribution in [3.8, 4) is 0 Å². The van der Waals surface area contributed by atoms with Crippen molar-refractivity contribution in [3.05, 3.63) is 30.1 Å². The van der Waals surface area contributed by atoms with Crippen molar-refractivity contribution < 1.29 is 32.1 Å². The van der Waals surface area contributed by atoms with Gasteiger partial charge in [-0.15, -0.1) is 0 Å². The molecule has 11 heteroatoms. The summed E-state index contributed by atoms with van der Waals surface area (Å²) in [4.78, 5) is 38.0. The van der Waals surface area contributed by atoms with Crippen LogP contribution in [0.3, 0.4) is 0 Å². The number of quaternary nitrogens is 1. The maximum atomic E-state index is 13.9. The Balaban J connectivity index is 1.64. The quantitative estimate of drug-likeness (QED) is 0.479. The summed E-state index contributed by atoms with van der Waals surface area (Å²) in [6, 6.07) is 4.53. The lowest BCUT2D eigenvalue weighted by Crippen LogP contribution is -3.16. The van der Waals surface area contributed by atoms with E-state index in [1.165, 1.54) is 22.5 Å². The van der Waals surface area contributed by atoms with E-state index in [4.69, 9.17) is 0 Å². The van der Waals surface area contributed by atoms with Crippen molar-refractivity contribution in [3.63, 3.8) is 0 Å². The Morgan fingerprint density at radius 1 is 1.04 bits per heavy atom. The summed E-state index contributed by atoms with van der Waals surface area (Å²) in [5.41, 5.74) is 0. The normalized spacial score (nSPS) is 20.0. The number of carbonyl (C=O) groups excluding carboxylic acids is 3. The number of halogens is 1. The van der Waals surface area contributed by atoms with Crippen molar-refractivity contribution in [1.82, 2.24) is 14.1 Å². The third-order valence-corrected chi connectivity index (χ3v) is 6.65. The molecule has 2 aliphatic rings. The lowest BCUT2D eigenvalue weighted by Gasteiger charge is -2.32. The molecule has 3 rings (SSSR count). The van der Waals surface area contributed by atoms with Gasteiger partial charge in [0.05, 0.1) is 26.2 Å². The molecule has 2 heterocycles.